The molecule has 0 aromatic heterocycles. The number of anilines is 1. The molecule has 3 N–H and O–H groups in total. The lowest BCUT2D eigenvalue weighted by Gasteiger charge is -2.27. The van der Waals surface area contributed by atoms with Crippen LogP contribution in [0.2, 0.25) is 0 Å². The summed E-state index contributed by atoms with van der Waals surface area (Å²) < 4.78 is 13.2. The van der Waals surface area contributed by atoms with Gasteiger partial charge in [0, 0.05) is 31.9 Å². The molecular formula is C12H14FN3O3. The van der Waals surface area contributed by atoms with Gasteiger partial charge in [-0.05, 0) is 18.2 Å². The molecule has 6 nitrogen and oxygen atoms in total. The van der Waals surface area contributed by atoms with Gasteiger partial charge in [-0.3, -0.25) is 0 Å². The van der Waals surface area contributed by atoms with E-state index in [-0.39, 0.29) is 11.7 Å². The fourth-order valence-corrected chi connectivity index (χ4v) is 1.84. The highest BCUT2D eigenvalue weighted by molar-refractivity contribution is 5.93. The average molecular weight is 267 g/mol. The number of hydrogen-bond acceptors (Lipinski definition) is 3. The summed E-state index contributed by atoms with van der Waals surface area (Å²) in [7, 11) is 0. The highest BCUT2D eigenvalue weighted by atomic mass is 19.1. The summed E-state index contributed by atoms with van der Waals surface area (Å²) in [6.07, 6.45) is 0. The summed E-state index contributed by atoms with van der Waals surface area (Å²) in [5, 5.41) is 14.5. The number of halogens is 1. The van der Waals surface area contributed by atoms with Gasteiger partial charge in [0.25, 0.3) is 0 Å². The van der Waals surface area contributed by atoms with Crippen LogP contribution in [-0.4, -0.2) is 48.2 Å². The van der Waals surface area contributed by atoms with Gasteiger partial charge in [-0.25, -0.2) is 14.0 Å². The molecule has 19 heavy (non-hydrogen) atoms. The normalized spacial score (nSPS) is 15.1. The van der Waals surface area contributed by atoms with Gasteiger partial charge < -0.3 is 20.6 Å². The van der Waals surface area contributed by atoms with E-state index >= 15 is 0 Å². The van der Waals surface area contributed by atoms with Gasteiger partial charge in [-0.15, -0.1) is 0 Å². The minimum Gasteiger partial charge on any atom is -0.478 e. The summed E-state index contributed by atoms with van der Waals surface area (Å²) >= 11 is 0. The largest absolute Gasteiger partial charge is 0.478 e. The van der Waals surface area contributed by atoms with Crippen molar-refractivity contribution in [3.8, 4) is 0 Å². The zero-order valence-corrected chi connectivity index (χ0v) is 10.1. The van der Waals surface area contributed by atoms with Crippen LogP contribution >= 0.6 is 0 Å². The monoisotopic (exact) mass is 267 g/mol. The second kappa shape index (κ2) is 5.66. The number of carbonyl (C=O) groups excluding carboxylic acids is 1. The fourth-order valence-electron chi connectivity index (χ4n) is 1.84. The number of carboxylic acids is 1. The third kappa shape index (κ3) is 3.19. The summed E-state index contributed by atoms with van der Waals surface area (Å²) in [6.45, 7) is 2.60. The Morgan fingerprint density at radius 3 is 2.63 bits per heavy atom. The maximum atomic E-state index is 13.2. The number of rotatable bonds is 2. The fraction of sp³-hybridized carbons (Fsp3) is 0.333. The highest BCUT2D eigenvalue weighted by Gasteiger charge is 2.17. The lowest BCUT2D eigenvalue weighted by Crippen LogP contribution is -2.48. The van der Waals surface area contributed by atoms with E-state index in [1.54, 1.807) is 4.90 Å². The van der Waals surface area contributed by atoms with Crippen LogP contribution in [0.3, 0.4) is 0 Å². The Morgan fingerprint density at radius 2 is 2.00 bits per heavy atom. The van der Waals surface area contributed by atoms with E-state index in [0.717, 1.165) is 25.2 Å². The van der Waals surface area contributed by atoms with Crippen molar-refractivity contribution < 1.29 is 19.1 Å². The molecule has 0 spiro atoms. The summed E-state index contributed by atoms with van der Waals surface area (Å²) in [5.74, 6) is -2.19. The number of urea groups is 1. The molecule has 0 bridgehead atoms. The van der Waals surface area contributed by atoms with Gasteiger partial charge in [-0.1, -0.05) is 0 Å². The summed E-state index contributed by atoms with van der Waals surface area (Å²) in [6, 6.07) is 3.15. The molecule has 0 atom stereocenters. The first-order valence-electron chi connectivity index (χ1n) is 5.87. The Balaban J connectivity index is 2.08. The van der Waals surface area contributed by atoms with Gasteiger partial charge in [0.1, 0.15) is 5.82 Å². The molecular weight excluding hydrogens is 253 g/mol. The molecule has 1 fully saturated rings. The van der Waals surface area contributed by atoms with Crippen LogP contribution in [0.1, 0.15) is 10.4 Å². The van der Waals surface area contributed by atoms with Crippen LogP contribution in [0.25, 0.3) is 0 Å². The molecule has 1 aliphatic rings. The van der Waals surface area contributed by atoms with Crippen molar-refractivity contribution in [3.63, 3.8) is 0 Å². The number of carbonyl (C=O) groups is 2. The maximum Gasteiger partial charge on any atom is 0.338 e. The van der Waals surface area contributed by atoms with Crippen LogP contribution in [0.5, 0.6) is 0 Å². The zero-order valence-electron chi connectivity index (χ0n) is 10.1. The van der Waals surface area contributed by atoms with Gasteiger partial charge in [0.15, 0.2) is 0 Å². The van der Waals surface area contributed by atoms with E-state index in [4.69, 9.17) is 5.11 Å². The molecule has 1 aromatic carbocycles. The van der Waals surface area contributed by atoms with Gasteiger partial charge in [-0.2, -0.15) is 0 Å². The third-order valence-electron chi connectivity index (χ3n) is 2.85. The molecule has 1 aromatic rings. The minimum absolute atomic E-state index is 0.266. The van der Waals surface area contributed by atoms with E-state index in [0.29, 0.717) is 13.1 Å². The van der Waals surface area contributed by atoms with Crippen molar-refractivity contribution in [1.29, 1.82) is 0 Å². The molecule has 1 saturated heterocycles. The van der Waals surface area contributed by atoms with Crippen molar-refractivity contribution in [3.05, 3.63) is 29.6 Å². The Hall–Kier alpha value is -2.15. The number of benzene rings is 1. The molecule has 2 rings (SSSR count). The number of hydrogen-bond donors (Lipinski definition) is 3. The maximum absolute atomic E-state index is 13.2. The number of carboxylic acid groups (broad SMARTS) is 1. The van der Waals surface area contributed by atoms with Gasteiger partial charge >= 0.3 is 12.0 Å². The number of nitrogens with one attached hydrogen (secondary N) is 2. The second-order valence-electron chi connectivity index (χ2n) is 4.17. The average Bonchev–Trinajstić information content (AvgIpc) is 2.41. The highest BCUT2D eigenvalue weighted by Crippen LogP contribution is 2.15. The SMILES string of the molecule is O=C(O)c1cc(NC(=O)N2CCNCC2)ccc1F. The summed E-state index contributed by atoms with van der Waals surface area (Å²) in [4.78, 5) is 24.3. The van der Waals surface area contributed by atoms with Crippen molar-refractivity contribution in [1.82, 2.24) is 10.2 Å². The molecule has 1 heterocycles. The van der Waals surface area contributed by atoms with Gasteiger partial charge in [0.05, 0.1) is 5.56 Å². The lowest BCUT2D eigenvalue weighted by molar-refractivity contribution is 0.0692. The smallest absolute Gasteiger partial charge is 0.338 e. The molecule has 0 radical (unpaired) electrons. The predicted octanol–water partition coefficient (Wildman–Crippen LogP) is 0.961. The Morgan fingerprint density at radius 1 is 1.32 bits per heavy atom. The molecule has 102 valence electrons. The van der Waals surface area contributed by atoms with Crippen LogP contribution in [0, 0.1) is 5.82 Å². The molecule has 1 aliphatic heterocycles. The van der Waals surface area contributed by atoms with E-state index in [2.05, 4.69) is 10.6 Å². The Labute approximate surface area is 109 Å². The van der Waals surface area contributed by atoms with E-state index < -0.39 is 17.3 Å². The molecule has 7 heteroatoms. The molecule has 0 unspecified atom stereocenters. The van der Waals surface area contributed by atoms with E-state index in [9.17, 15) is 14.0 Å². The Bertz CT molecular complexity index is 501. The van der Waals surface area contributed by atoms with Crippen LogP contribution in [0.15, 0.2) is 18.2 Å². The van der Waals surface area contributed by atoms with Crippen molar-refractivity contribution in [2.45, 2.75) is 0 Å². The zero-order chi connectivity index (χ0) is 13.8. The summed E-state index contributed by atoms with van der Waals surface area (Å²) in [5.41, 5.74) is -0.194. The first kappa shape index (κ1) is 13.3. The number of aromatic carboxylic acids is 1. The second-order valence-corrected chi connectivity index (χ2v) is 4.17. The first-order chi connectivity index (χ1) is 9.08. The third-order valence-corrected chi connectivity index (χ3v) is 2.85. The molecule has 0 aliphatic carbocycles. The topological polar surface area (TPSA) is 81.7 Å². The number of amides is 2. The van der Waals surface area contributed by atoms with Crippen molar-refractivity contribution in [2.24, 2.45) is 0 Å². The minimum atomic E-state index is -1.37. The lowest BCUT2D eigenvalue weighted by atomic mass is 10.2. The van der Waals surface area contributed by atoms with E-state index in [1.807, 2.05) is 0 Å². The molecule has 0 saturated carbocycles. The van der Waals surface area contributed by atoms with Crippen LogP contribution < -0.4 is 10.6 Å². The van der Waals surface area contributed by atoms with Crippen molar-refractivity contribution >= 4 is 17.7 Å². The first-order valence-corrected chi connectivity index (χ1v) is 5.87. The standard InChI is InChI=1S/C12H14FN3O3/c13-10-2-1-8(7-9(10)11(17)18)15-12(19)16-5-3-14-4-6-16/h1-2,7,14H,3-6H2,(H,15,19)(H,17,18). The number of piperazine rings is 1. The molecule has 2 amide bonds. The quantitative estimate of drug-likeness (QED) is 0.745. The van der Waals surface area contributed by atoms with Crippen LogP contribution in [0.4, 0.5) is 14.9 Å². The van der Waals surface area contributed by atoms with E-state index in [1.165, 1.54) is 6.07 Å². The predicted molar refractivity (Wildman–Crippen MR) is 66.8 cm³/mol. The van der Waals surface area contributed by atoms with Gasteiger partial charge in [0.2, 0.25) is 0 Å². The number of nitrogens with zero attached hydrogens (tertiary/aromatic N) is 1. The van der Waals surface area contributed by atoms with Crippen molar-refractivity contribution in [2.75, 3.05) is 31.5 Å². The Kier molecular flexibility index (Phi) is 3.96. The van der Waals surface area contributed by atoms with Crippen LogP contribution in [-0.2, 0) is 0 Å².